The number of amides is 1. The van der Waals surface area contributed by atoms with E-state index >= 15 is 0 Å². The number of hydrogen-bond donors (Lipinski definition) is 2. The lowest BCUT2D eigenvalue weighted by Gasteiger charge is -2.17. The van der Waals surface area contributed by atoms with Crippen LogP contribution in [0.4, 0.5) is 0 Å². The van der Waals surface area contributed by atoms with Gasteiger partial charge in [-0.1, -0.05) is 30.3 Å². The number of carboxylic acid groups (broad SMARTS) is 1. The lowest BCUT2D eigenvalue weighted by molar-refractivity contribution is -0.137. The number of carbonyl (C=O) groups is 2. The number of thiophene rings is 1. The molecule has 0 unspecified atom stereocenters. The standard InChI is InChI=1S/C18H19NO3S/c1-11-7-8-23-17(11)13-9-14(13)18(22)19-15(10-16(20)21)12-5-3-2-4-6-12/h2-8,13-15H,9-10H2,1H3,(H,19,22)(H,20,21)/t13-,14+,15-/m1/s1. The topological polar surface area (TPSA) is 66.4 Å². The second-order valence-corrected chi connectivity index (χ2v) is 6.93. The molecule has 2 N–H and O–H groups in total. The third-order valence-electron chi connectivity index (χ3n) is 4.26. The van der Waals surface area contributed by atoms with E-state index in [2.05, 4.69) is 23.7 Å². The monoisotopic (exact) mass is 329 g/mol. The number of rotatable bonds is 6. The Morgan fingerprint density at radius 2 is 2.04 bits per heavy atom. The van der Waals surface area contributed by atoms with Crippen molar-refractivity contribution >= 4 is 23.2 Å². The lowest BCUT2D eigenvalue weighted by Crippen LogP contribution is -2.31. The van der Waals surface area contributed by atoms with Gasteiger partial charge < -0.3 is 10.4 Å². The van der Waals surface area contributed by atoms with E-state index < -0.39 is 12.0 Å². The minimum atomic E-state index is -0.916. The van der Waals surface area contributed by atoms with Crippen LogP contribution in [0.5, 0.6) is 0 Å². The summed E-state index contributed by atoms with van der Waals surface area (Å²) in [5.41, 5.74) is 2.06. The van der Waals surface area contributed by atoms with Gasteiger partial charge in [0, 0.05) is 16.7 Å². The number of benzene rings is 1. The SMILES string of the molecule is Cc1ccsc1[C@@H]1C[C@@H]1C(=O)N[C@H](CC(=O)O)c1ccccc1. The summed E-state index contributed by atoms with van der Waals surface area (Å²) in [5, 5.41) is 14.1. The number of carboxylic acids is 1. The number of aliphatic carboxylic acids is 1. The molecule has 23 heavy (non-hydrogen) atoms. The highest BCUT2D eigenvalue weighted by Gasteiger charge is 2.45. The molecule has 0 spiro atoms. The molecular formula is C18H19NO3S. The normalized spacial score (nSPS) is 20.7. The van der Waals surface area contributed by atoms with Crippen LogP contribution in [0.3, 0.4) is 0 Å². The Hall–Kier alpha value is -2.14. The molecule has 0 radical (unpaired) electrons. The second-order valence-electron chi connectivity index (χ2n) is 5.99. The lowest BCUT2D eigenvalue weighted by atomic mass is 10.0. The Kier molecular flexibility index (Phi) is 4.48. The Bertz CT molecular complexity index is 710. The summed E-state index contributed by atoms with van der Waals surface area (Å²) in [6.07, 6.45) is 0.743. The van der Waals surface area contributed by atoms with Crippen LogP contribution in [0.1, 0.15) is 40.8 Å². The maximum Gasteiger partial charge on any atom is 0.305 e. The molecular weight excluding hydrogens is 310 g/mol. The Morgan fingerprint density at radius 3 is 2.65 bits per heavy atom. The molecule has 0 aliphatic heterocycles. The van der Waals surface area contributed by atoms with E-state index in [1.807, 2.05) is 30.3 Å². The van der Waals surface area contributed by atoms with Crippen molar-refractivity contribution in [1.29, 1.82) is 0 Å². The van der Waals surface area contributed by atoms with Crippen molar-refractivity contribution in [3.63, 3.8) is 0 Å². The summed E-state index contributed by atoms with van der Waals surface area (Å²) in [6, 6.07) is 10.9. The molecule has 1 aliphatic carbocycles. The van der Waals surface area contributed by atoms with E-state index in [-0.39, 0.29) is 24.2 Å². The van der Waals surface area contributed by atoms with Gasteiger partial charge in [-0.25, -0.2) is 0 Å². The van der Waals surface area contributed by atoms with Gasteiger partial charge in [0.05, 0.1) is 12.5 Å². The van der Waals surface area contributed by atoms with Gasteiger partial charge >= 0.3 is 5.97 Å². The zero-order valence-electron chi connectivity index (χ0n) is 12.9. The van der Waals surface area contributed by atoms with E-state index in [0.717, 1.165) is 12.0 Å². The van der Waals surface area contributed by atoms with Crippen LogP contribution in [-0.4, -0.2) is 17.0 Å². The average molecular weight is 329 g/mol. The van der Waals surface area contributed by atoms with Crippen LogP contribution in [0.15, 0.2) is 41.8 Å². The number of aryl methyl sites for hydroxylation is 1. The first-order valence-electron chi connectivity index (χ1n) is 7.67. The third kappa shape index (κ3) is 3.62. The molecule has 120 valence electrons. The first kappa shape index (κ1) is 15.7. The second kappa shape index (κ2) is 6.54. The maximum absolute atomic E-state index is 12.5. The van der Waals surface area contributed by atoms with Gasteiger partial charge in [-0.3, -0.25) is 9.59 Å². The molecule has 1 aliphatic rings. The van der Waals surface area contributed by atoms with Gasteiger partial charge in [-0.05, 0) is 35.9 Å². The largest absolute Gasteiger partial charge is 0.481 e. The zero-order chi connectivity index (χ0) is 16.4. The van der Waals surface area contributed by atoms with Crippen molar-refractivity contribution in [1.82, 2.24) is 5.32 Å². The van der Waals surface area contributed by atoms with Crippen molar-refractivity contribution in [3.05, 3.63) is 57.8 Å². The van der Waals surface area contributed by atoms with Gasteiger partial charge in [0.2, 0.25) is 5.91 Å². The Labute approximate surface area is 139 Å². The third-order valence-corrected chi connectivity index (χ3v) is 5.41. The van der Waals surface area contributed by atoms with Crippen LogP contribution in [-0.2, 0) is 9.59 Å². The van der Waals surface area contributed by atoms with E-state index in [9.17, 15) is 9.59 Å². The van der Waals surface area contributed by atoms with Crippen molar-refractivity contribution in [2.24, 2.45) is 5.92 Å². The quantitative estimate of drug-likeness (QED) is 0.852. The first-order chi connectivity index (χ1) is 11.1. The summed E-state index contributed by atoms with van der Waals surface area (Å²) in [6.45, 7) is 2.07. The zero-order valence-corrected chi connectivity index (χ0v) is 13.7. The Morgan fingerprint density at radius 1 is 1.30 bits per heavy atom. The molecule has 3 atom stereocenters. The van der Waals surface area contributed by atoms with Gasteiger partial charge in [-0.15, -0.1) is 11.3 Å². The molecule has 1 aromatic heterocycles. The molecule has 1 aromatic carbocycles. The highest BCUT2D eigenvalue weighted by Crippen LogP contribution is 2.50. The molecule has 1 fully saturated rings. The molecule has 1 amide bonds. The van der Waals surface area contributed by atoms with Crippen LogP contribution in [0.2, 0.25) is 0 Å². The summed E-state index contributed by atoms with van der Waals surface area (Å²) >= 11 is 1.69. The average Bonchev–Trinajstić information content (AvgIpc) is 3.21. The summed E-state index contributed by atoms with van der Waals surface area (Å²) < 4.78 is 0. The molecule has 1 saturated carbocycles. The molecule has 3 rings (SSSR count). The molecule has 4 nitrogen and oxygen atoms in total. The molecule has 5 heteroatoms. The van der Waals surface area contributed by atoms with Crippen LogP contribution >= 0.6 is 11.3 Å². The highest BCUT2D eigenvalue weighted by molar-refractivity contribution is 7.10. The fourth-order valence-corrected chi connectivity index (χ4v) is 4.04. The number of hydrogen-bond acceptors (Lipinski definition) is 3. The summed E-state index contributed by atoms with van der Waals surface area (Å²) in [5.74, 6) is -0.706. The number of nitrogens with one attached hydrogen (secondary N) is 1. The van der Waals surface area contributed by atoms with Gasteiger partial charge in [0.1, 0.15) is 0 Å². The van der Waals surface area contributed by atoms with Gasteiger partial charge in [0.15, 0.2) is 0 Å². The van der Waals surface area contributed by atoms with E-state index in [0.29, 0.717) is 0 Å². The van der Waals surface area contributed by atoms with Crippen LogP contribution in [0.25, 0.3) is 0 Å². The van der Waals surface area contributed by atoms with E-state index in [4.69, 9.17) is 5.11 Å². The van der Waals surface area contributed by atoms with Gasteiger partial charge in [0.25, 0.3) is 0 Å². The van der Waals surface area contributed by atoms with Crippen molar-refractivity contribution in [3.8, 4) is 0 Å². The smallest absolute Gasteiger partial charge is 0.305 e. The highest BCUT2D eigenvalue weighted by atomic mass is 32.1. The van der Waals surface area contributed by atoms with E-state index in [1.54, 1.807) is 11.3 Å². The van der Waals surface area contributed by atoms with Gasteiger partial charge in [-0.2, -0.15) is 0 Å². The maximum atomic E-state index is 12.5. The van der Waals surface area contributed by atoms with E-state index in [1.165, 1.54) is 10.4 Å². The van der Waals surface area contributed by atoms with Crippen LogP contribution in [0, 0.1) is 12.8 Å². The minimum Gasteiger partial charge on any atom is -0.481 e. The molecule has 1 heterocycles. The fourth-order valence-electron chi connectivity index (χ4n) is 2.93. The first-order valence-corrected chi connectivity index (χ1v) is 8.55. The predicted octanol–water partition coefficient (Wildman–Crippen LogP) is 3.49. The van der Waals surface area contributed by atoms with Crippen LogP contribution < -0.4 is 5.32 Å². The Balaban J connectivity index is 1.68. The summed E-state index contributed by atoms with van der Waals surface area (Å²) in [4.78, 5) is 24.9. The van der Waals surface area contributed by atoms with Crippen molar-refractivity contribution in [2.45, 2.75) is 31.7 Å². The molecule has 0 bridgehead atoms. The number of carbonyl (C=O) groups excluding carboxylic acids is 1. The molecule has 0 saturated heterocycles. The van der Waals surface area contributed by atoms with Crippen molar-refractivity contribution in [2.75, 3.05) is 0 Å². The fraction of sp³-hybridized carbons (Fsp3) is 0.333. The van der Waals surface area contributed by atoms with Crippen molar-refractivity contribution < 1.29 is 14.7 Å². The predicted molar refractivity (Wildman–Crippen MR) is 89.5 cm³/mol. The minimum absolute atomic E-state index is 0.0349. The molecule has 2 aromatic rings. The summed E-state index contributed by atoms with van der Waals surface area (Å²) in [7, 11) is 0.